The van der Waals surface area contributed by atoms with Gasteiger partial charge < -0.3 is 4.74 Å². The third-order valence-electron chi connectivity index (χ3n) is 4.49. The molecule has 6 heteroatoms. The number of hydrogen-bond acceptors (Lipinski definition) is 5. The summed E-state index contributed by atoms with van der Waals surface area (Å²) in [5.41, 5.74) is 3.33. The number of aromatic nitrogens is 4. The summed E-state index contributed by atoms with van der Waals surface area (Å²) in [5.74, 6) is 0. The van der Waals surface area contributed by atoms with Crippen LogP contribution in [0.1, 0.15) is 24.0 Å². The monoisotopic (exact) mass is 323 g/mol. The molecule has 124 valence electrons. The van der Waals surface area contributed by atoms with Crippen molar-refractivity contribution in [3.63, 3.8) is 0 Å². The molecule has 0 amide bonds. The third-order valence-corrected chi connectivity index (χ3v) is 4.49. The van der Waals surface area contributed by atoms with Gasteiger partial charge in [-0.3, -0.25) is 9.88 Å². The van der Waals surface area contributed by atoms with Crippen molar-refractivity contribution in [2.24, 2.45) is 0 Å². The topological polar surface area (TPSA) is 55.5 Å². The minimum absolute atomic E-state index is 0.348. The molecule has 0 aliphatic carbocycles. The van der Waals surface area contributed by atoms with Crippen LogP contribution in [0.3, 0.4) is 0 Å². The van der Waals surface area contributed by atoms with Gasteiger partial charge in [-0.2, -0.15) is 5.10 Å². The fourth-order valence-electron chi connectivity index (χ4n) is 3.15. The van der Waals surface area contributed by atoms with Crippen LogP contribution in [-0.4, -0.2) is 43.7 Å². The van der Waals surface area contributed by atoms with Gasteiger partial charge in [0, 0.05) is 38.2 Å². The molecule has 0 unspecified atom stereocenters. The van der Waals surface area contributed by atoms with Crippen LogP contribution in [0, 0.1) is 0 Å². The fourth-order valence-corrected chi connectivity index (χ4v) is 3.15. The number of nitrogens with zero attached hydrogens (tertiary/aromatic N) is 5. The fraction of sp³-hybridized carbons (Fsp3) is 0.389. The van der Waals surface area contributed by atoms with Crippen LogP contribution in [-0.2, 0) is 17.9 Å². The van der Waals surface area contributed by atoms with E-state index >= 15 is 0 Å². The lowest BCUT2D eigenvalue weighted by Gasteiger charge is -2.31. The SMILES string of the molecule is c1cncc(COC2CCN(Cc3ccn4ncnc4c3)CC2)c1. The normalized spacial score (nSPS) is 16.7. The molecule has 0 radical (unpaired) electrons. The van der Waals surface area contributed by atoms with Crippen LogP contribution in [0.25, 0.3) is 5.65 Å². The van der Waals surface area contributed by atoms with Crippen molar-refractivity contribution < 1.29 is 4.74 Å². The van der Waals surface area contributed by atoms with Gasteiger partial charge in [0.15, 0.2) is 5.65 Å². The second-order valence-corrected chi connectivity index (χ2v) is 6.25. The number of hydrogen-bond donors (Lipinski definition) is 0. The number of fused-ring (bicyclic) bond motifs is 1. The number of rotatable bonds is 5. The summed E-state index contributed by atoms with van der Waals surface area (Å²) < 4.78 is 7.82. The van der Waals surface area contributed by atoms with Gasteiger partial charge in [-0.25, -0.2) is 9.50 Å². The van der Waals surface area contributed by atoms with E-state index in [-0.39, 0.29) is 0 Å². The zero-order valence-corrected chi connectivity index (χ0v) is 13.6. The number of ether oxygens (including phenoxy) is 1. The van der Waals surface area contributed by atoms with Crippen molar-refractivity contribution in [1.82, 2.24) is 24.5 Å². The number of likely N-dealkylation sites (tertiary alicyclic amines) is 1. The van der Waals surface area contributed by atoms with Gasteiger partial charge in [0.05, 0.1) is 12.7 Å². The molecule has 1 saturated heterocycles. The molecule has 6 nitrogen and oxygen atoms in total. The molecule has 0 bridgehead atoms. The van der Waals surface area contributed by atoms with E-state index in [2.05, 4.69) is 38.2 Å². The van der Waals surface area contributed by atoms with Crippen molar-refractivity contribution in [3.05, 3.63) is 60.3 Å². The van der Waals surface area contributed by atoms with Crippen molar-refractivity contribution >= 4 is 5.65 Å². The Morgan fingerprint density at radius 1 is 1.17 bits per heavy atom. The van der Waals surface area contributed by atoms with Gasteiger partial charge >= 0.3 is 0 Å². The predicted molar refractivity (Wildman–Crippen MR) is 90.3 cm³/mol. The maximum absolute atomic E-state index is 6.03. The highest BCUT2D eigenvalue weighted by Gasteiger charge is 2.20. The summed E-state index contributed by atoms with van der Waals surface area (Å²) in [7, 11) is 0. The lowest BCUT2D eigenvalue weighted by molar-refractivity contribution is -0.00403. The Morgan fingerprint density at radius 2 is 2.08 bits per heavy atom. The largest absolute Gasteiger partial charge is 0.373 e. The Bertz CT molecular complexity index is 780. The van der Waals surface area contributed by atoms with Crippen LogP contribution in [0.4, 0.5) is 0 Å². The number of pyridine rings is 2. The summed E-state index contributed by atoms with van der Waals surface area (Å²) in [5, 5.41) is 4.13. The summed E-state index contributed by atoms with van der Waals surface area (Å²) >= 11 is 0. The average molecular weight is 323 g/mol. The van der Waals surface area contributed by atoms with Gasteiger partial charge in [0.2, 0.25) is 0 Å². The smallest absolute Gasteiger partial charge is 0.155 e. The molecule has 3 aromatic heterocycles. The van der Waals surface area contributed by atoms with Crippen LogP contribution in [0.2, 0.25) is 0 Å². The molecule has 1 fully saturated rings. The summed E-state index contributed by atoms with van der Waals surface area (Å²) in [6.07, 6.45) is 9.72. The first-order valence-electron chi connectivity index (χ1n) is 8.38. The Hall–Kier alpha value is -2.31. The van der Waals surface area contributed by atoms with Crippen LogP contribution in [0.15, 0.2) is 49.2 Å². The molecule has 4 heterocycles. The molecule has 1 aliphatic heterocycles. The average Bonchev–Trinajstić information content (AvgIpc) is 3.10. The molecule has 24 heavy (non-hydrogen) atoms. The van der Waals surface area contributed by atoms with Gasteiger partial charge in [0.25, 0.3) is 0 Å². The van der Waals surface area contributed by atoms with Gasteiger partial charge in [-0.15, -0.1) is 0 Å². The minimum atomic E-state index is 0.348. The first-order chi connectivity index (χ1) is 11.9. The van der Waals surface area contributed by atoms with Gasteiger partial charge in [-0.05, 0) is 42.2 Å². The lowest BCUT2D eigenvalue weighted by Crippen LogP contribution is -2.36. The maximum atomic E-state index is 6.03. The van der Waals surface area contributed by atoms with Crippen molar-refractivity contribution in [1.29, 1.82) is 0 Å². The molecule has 4 rings (SSSR count). The predicted octanol–water partition coefficient (Wildman–Crippen LogP) is 2.31. The van der Waals surface area contributed by atoms with Crippen LogP contribution >= 0.6 is 0 Å². The lowest BCUT2D eigenvalue weighted by atomic mass is 10.1. The molecule has 1 aliphatic rings. The first-order valence-corrected chi connectivity index (χ1v) is 8.38. The zero-order valence-electron chi connectivity index (χ0n) is 13.6. The van der Waals surface area contributed by atoms with Crippen LogP contribution in [0.5, 0.6) is 0 Å². The standard InChI is InChI=1S/C18H21N5O/c1-2-16(11-19-6-1)13-24-17-4-7-22(8-5-17)12-15-3-9-23-18(10-15)20-14-21-23/h1-3,6,9-11,14,17H,4-5,7-8,12-13H2. The Balaban J connectivity index is 1.26. The van der Waals surface area contributed by atoms with E-state index in [1.165, 1.54) is 5.56 Å². The third kappa shape index (κ3) is 3.60. The second-order valence-electron chi connectivity index (χ2n) is 6.25. The molecule has 0 aromatic carbocycles. The van der Waals surface area contributed by atoms with E-state index in [1.54, 1.807) is 17.0 Å². The second kappa shape index (κ2) is 7.07. The zero-order chi connectivity index (χ0) is 16.2. The van der Waals surface area contributed by atoms with E-state index in [0.29, 0.717) is 12.7 Å². The van der Waals surface area contributed by atoms with E-state index in [4.69, 9.17) is 4.74 Å². The quantitative estimate of drug-likeness (QED) is 0.721. The number of piperidine rings is 1. The highest BCUT2D eigenvalue weighted by atomic mass is 16.5. The van der Waals surface area contributed by atoms with E-state index < -0.39 is 0 Å². The van der Waals surface area contributed by atoms with Crippen molar-refractivity contribution in [2.45, 2.75) is 32.1 Å². The Labute approximate surface area is 141 Å². The highest BCUT2D eigenvalue weighted by Crippen LogP contribution is 2.18. The Morgan fingerprint density at radius 3 is 2.92 bits per heavy atom. The molecule has 0 N–H and O–H groups in total. The molecule has 0 spiro atoms. The Kier molecular flexibility index (Phi) is 4.49. The van der Waals surface area contributed by atoms with E-state index in [0.717, 1.165) is 43.7 Å². The first kappa shape index (κ1) is 15.2. The summed E-state index contributed by atoms with van der Waals surface area (Å²) in [6.45, 7) is 3.74. The maximum Gasteiger partial charge on any atom is 0.155 e. The van der Waals surface area contributed by atoms with E-state index in [1.807, 2.05) is 18.5 Å². The molecule has 0 saturated carbocycles. The van der Waals surface area contributed by atoms with Crippen LogP contribution < -0.4 is 0 Å². The van der Waals surface area contributed by atoms with Gasteiger partial charge in [-0.1, -0.05) is 6.07 Å². The molecular formula is C18H21N5O. The highest BCUT2D eigenvalue weighted by molar-refractivity contribution is 5.39. The minimum Gasteiger partial charge on any atom is -0.373 e. The van der Waals surface area contributed by atoms with Crippen molar-refractivity contribution in [2.75, 3.05) is 13.1 Å². The summed E-state index contributed by atoms with van der Waals surface area (Å²) in [4.78, 5) is 10.8. The van der Waals surface area contributed by atoms with Crippen molar-refractivity contribution in [3.8, 4) is 0 Å². The molecule has 0 atom stereocenters. The molecule has 3 aromatic rings. The van der Waals surface area contributed by atoms with Gasteiger partial charge in [0.1, 0.15) is 6.33 Å². The van der Waals surface area contributed by atoms with E-state index in [9.17, 15) is 0 Å². The molecular weight excluding hydrogens is 302 g/mol. The summed E-state index contributed by atoms with van der Waals surface area (Å²) in [6, 6.07) is 8.24.